The standard InChI is InChI=1S/C11H24N2O/c1-8(2)10(4)13(5)11(14)6-9(3)7-12/h8-10H,6-7,12H2,1-5H3. The first kappa shape index (κ1) is 13.4. The third-order valence-corrected chi connectivity index (χ3v) is 2.89. The molecule has 3 heteroatoms. The third-order valence-electron chi connectivity index (χ3n) is 2.89. The lowest BCUT2D eigenvalue weighted by molar-refractivity contribution is -0.133. The highest BCUT2D eigenvalue weighted by Gasteiger charge is 2.19. The zero-order valence-corrected chi connectivity index (χ0v) is 10.1. The van der Waals surface area contributed by atoms with Crippen molar-refractivity contribution in [3.63, 3.8) is 0 Å². The number of amides is 1. The number of rotatable bonds is 5. The van der Waals surface area contributed by atoms with Gasteiger partial charge in [-0.25, -0.2) is 0 Å². The van der Waals surface area contributed by atoms with E-state index in [4.69, 9.17) is 5.73 Å². The fourth-order valence-corrected chi connectivity index (χ4v) is 1.20. The van der Waals surface area contributed by atoms with Gasteiger partial charge in [0.05, 0.1) is 0 Å². The van der Waals surface area contributed by atoms with Gasteiger partial charge in [-0.15, -0.1) is 0 Å². The second-order valence-electron chi connectivity index (χ2n) is 4.53. The Kier molecular flexibility index (Phi) is 5.77. The van der Waals surface area contributed by atoms with Crippen LogP contribution in [-0.4, -0.2) is 30.4 Å². The van der Waals surface area contributed by atoms with Crippen molar-refractivity contribution in [1.82, 2.24) is 4.90 Å². The van der Waals surface area contributed by atoms with Gasteiger partial charge < -0.3 is 10.6 Å². The normalized spacial score (nSPS) is 15.4. The van der Waals surface area contributed by atoms with E-state index in [1.807, 2.05) is 18.9 Å². The number of carbonyl (C=O) groups is 1. The molecule has 0 bridgehead atoms. The van der Waals surface area contributed by atoms with Gasteiger partial charge in [0.25, 0.3) is 0 Å². The van der Waals surface area contributed by atoms with Gasteiger partial charge >= 0.3 is 0 Å². The molecule has 2 N–H and O–H groups in total. The van der Waals surface area contributed by atoms with Crippen molar-refractivity contribution in [3.8, 4) is 0 Å². The van der Waals surface area contributed by atoms with Crippen LogP contribution in [0.15, 0.2) is 0 Å². The lowest BCUT2D eigenvalue weighted by Gasteiger charge is -2.28. The van der Waals surface area contributed by atoms with E-state index in [-0.39, 0.29) is 11.8 Å². The van der Waals surface area contributed by atoms with Gasteiger partial charge in [0, 0.05) is 19.5 Å². The summed E-state index contributed by atoms with van der Waals surface area (Å²) in [4.78, 5) is 13.6. The molecular weight excluding hydrogens is 176 g/mol. The molecule has 0 aromatic rings. The van der Waals surface area contributed by atoms with Crippen molar-refractivity contribution in [1.29, 1.82) is 0 Å². The first-order valence-electron chi connectivity index (χ1n) is 5.35. The fraction of sp³-hybridized carbons (Fsp3) is 0.909. The molecule has 0 aromatic carbocycles. The van der Waals surface area contributed by atoms with Crippen molar-refractivity contribution in [2.45, 2.75) is 40.2 Å². The summed E-state index contributed by atoms with van der Waals surface area (Å²) >= 11 is 0. The predicted molar refractivity (Wildman–Crippen MR) is 59.9 cm³/mol. The van der Waals surface area contributed by atoms with Gasteiger partial charge in [-0.1, -0.05) is 20.8 Å². The van der Waals surface area contributed by atoms with E-state index in [9.17, 15) is 4.79 Å². The Morgan fingerprint density at radius 3 is 2.14 bits per heavy atom. The van der Waals surface area contributed by atoms with E-state index in [1.165, 1.54) is 0 Å². The molecule has 84 valence electrons. The minimum Gasteiger partial charge on any atom is -0.343 e. The van der Waals surface area contributed by atoms with Gasteiger partial charge in [0.1, 0.15) is 0 Å². The average molecular weight is 200 g/mol. The van der Waals surface area contributed by atoms with E-state index in [0.29, 0.717) is 24.9 Å². The van der Waals surface area contributed by atoms with E-state index < -0.39 is 0 Å². The number of hydrogen-bond donors (Lipinski definition) is 1. The summed E-state index contributed by atoms with van der Waals surface area (Å²) in [7, 11) is 1.87. The first-order valence-corrected chi connectivity index (χ1v) is 5.35. The number of hydrogen-bond acceptors (Lipinski definition) is 2. The van der Waals surface area contributed by atoms with E-state index >= 15 is 0 Å². The van der Waals surface area contributed by atoms with Crippen molar-refractivity contribution in [3.05, 3.63) is 0 Å². The lowest BCUT2D eigenvalue weighted by atomic mass is 10.0. The van der Waals surface area contributed by atoms with Crippen molar-refractivity contribution in [2.24, 2.45) is 17.6 Å². The SMILES string of the molecule is CC(CN)CC(=O)N(C)C(C)C(C)C. The van der Waals surface area contributed by atoms with Crippen LogP contribution in [0.25, 0.3) is 0 Å². The molecule has 0 heterocycles. The number of nitrogens with two attached hydrogens (primary N) is 1. The van der Waals surface area contributed by atoms with E-state index in [2.05, 4.69) is 20.8 Å². The minimum atomic E-state index is 0.198. The summed E-state index contributed by atoms with van der Waals surface area (Å²) in [6, 6.07) is 0.299. The molecule has 2 unspecified atom stereocenters. The second-order valence-corrected chi connectivity index (χ2v) is 4.53. The molecule has 2 atom stereocenters. The van der Waals surface area contributed by atoms with Gasteiger partial charge in [0.2, 0.25) is 5.91 Å². The molecule has 0 fully saturated rings. The molecule has 0 aliphatic carbocycles. The summed E-state index contributed by atoms with van der Waals surface area (Å²) in [5.74, 6) is 0.977. The Balaban J connectivity index is 4.11. The van der Waals surface area contributed by atoms with E-state index in [0.717, 1.165) is 0 Å². The van der Waals surface area contributed by atoms with Crippen molar-refractivity contribution < 1.29 is 4.79 Å². The molecule has 1 amide bonds. The Labute approximate surface area is 87.6 Å². The highest BCUT2D eigenvalue weighted by atomic mass is 16.2. The van der Waals surface area contributed by atoms with Gasteiger partial charge in [0.15, 0.2) is 0 Å². The maximum Gasteiger partial charge on any atom is 0.222 e. The predicted octanol–water partition coefficient (Wildman–Crippen LogP) is 1.47. The molecule has 0 aliphatic heterocycles. The highest BCUT2D eigenvalue weighted by Crippen LogP contribution is 2.11. The summed E-state index contributed by atoms with van der Waals surface area (Å²) in [6.07, 6.45) is 0.560. The molecule has 14 heavy (non-hydrogen) atoms. The largest absolute Gasteiger partial charge is 0.343 e. The van der Waals surface area contributed by atoms with Crippen LogP contribution in [0.5, 0.6) is 0 Å². The molecule has 0 radical (unpaired) electrons. The van der Waals surface area contributed by atoms with Gasteiger partial charge in [-0.3, -0.25) is 4.79 Å². The smallest absolute Gasteiger partial charge is 0.222 e. The quantitative estimate of drug-likeness (QED) is 0.730. The van der Waals surface area contributed by atoms with Crippen LogP contribution in [0.4, 0.5) is 0 Å². The molecule has 0 spiro atoms. The van der Waals surface area contributed by atoms with Crippen LogP contribution in [0.1, 0.15) is 34.1 Å². The molecule has 0 saturated heterocycles. The van der Waals surface area contributed by atoms with Crippen LogP contribution in [0.2, 0.25) is 0 Å². The zero-order valence-electron chi connectivity index (χ0n) is 10.1. The highest BCUT2D eigenvalue weighted by molar-refractivity contribution is 5.76. The number of nitrogens with zero attached hydrogens (tertiary/aromatic N) is 1. The Morgan fingerprint density at radius 2 is 1.79 bits per heavy atom. The minimum absolute atomic E-state index is 0.198. The molecule has 0 aromatic heterocycles. The van der Waals surface area contributed by atoms with Crippen molar-refractivity contribution in [2.75, 3.05) is 13.6 Å². The fourth-order valence-electron chi connectivity index (χ4n) is 1.20. The van der Waals surface area contributed by atoms with Gasteiger partial charge in [-0.2, -0.15) is 0 Å². The van der Waals surface area contributed by atoms with E-state index in [1.54, 1.807) is 0 Å². The maximum absolute atomic E-state index is 11.7. The summed E-state index contributed by atoms with van der Waals surface area (Å²) in [6.45, 7) is 8.92. The monoisotopic (exact) mass is 200 g/mol. The summed E-state index contributed by atoms with van der Waals surface area (Å²) in [5, 5.41) is 0. The third kappa shape index (κ3) is 4.09. The van der Waals surface area contributed by atoms with Crippen LogP contribution in [-0.2, 0) is 4.79 Å². The Hall–Kier alpha value is -0.570. The molecular formula is C11H24N2O. The van der Waals surface area contributed by atoms with Crippen LogP contribution < -0.4 is 5.73 Å². The second kappa shape index (κ2) is 6.02. The summed E-state index contributed by atoms with van der Waals surface area (Å²) in [5.41, 5.74) is 5.49. The van der Waals surface area contributed by atoms with Crippen LogP contribution in [0, 0.1) is 11.8 Å². The van der Waals surface area contributed by atoms with Crippen molar-refractivity contribution >= 4 is 5.91 Å². The molecule has 3 nitrogen and oxygen atoms in total. The topological polar surface area (TPSA) is 46.3 Å². The molecule has 0 aliphatic rings. The zero-order chi connectivity index (χ0) is 11.3. The molecule has 0 rings (SSSR count). The molecule has 0 saturated carbocycles. The Morgan fingerprint density at radius 1 is 1.29 bits per heavy atom. The lowest BCUT2D eigenvalue weighted by Crippen LogP contribution is -2.39. The summed E-state index contributed by atoms with van der Waals surface area (Å²) < 4.78 is 0. The Bertz CT molecular complexity index is 180. The average Bonchev–Trinajstić information content (AvgIpc) is 2.14. The van der Waals surface area contributed by atoms with Crippen LogP contribution in [0.3, 0.4) is 0 Å². The van der Waals surface area contributed by atoms with Crippen LogP contribution >= 0.6 is 0 Å². The van der Waals surface area contributed by atoms with Gasteiger partial charge in [-0.05, 0) is 25.3 Å². The maximum atomic E-state index is 11.7. The number of carbonyl (C=O) groups excluding carboxylic acids is 1. The first-order chi connectivity index (χ1) is 6.40.